The van der Waals surface area contributed by atoms with Crippen molar-refractivity contribution in [2.75, 3.05) is 0 Å². The maximum atomic E-state index is 13.1. The molecule has 5 heteroatoms. The lowest BCUT2D eigenvalue weighted by Crippen LogP contribution is -2.15. The lowest BCUT2D eigenvalue weighted by Gasteiger charge is -2.11. The van der Waals surface area contributed by atoms with Crippen LogP contribution in [-0.2, 0) is 16.4 Å². The van der Waals surface area contributed by atoms with Gasteiger partial charge in [-0.15, -0.1) is 0 Å². The van der Waals surface area contributed by atoms with E-state index in [1.54, 1.807) is 42.5 Å². The quantitative estimate of drug-likeness (QED) is 0.739. The molecule has 0 spiro atoms. The van der Waals surface area contributed by atoms with Crippen LogP contribution in [0.5, 0.6) is 0 Å². The average molecular weight is 324 g/mol. The maximum Gasteiger partial charge on any atom is 0.268 e. The van der Waals surface area contributed by atoms with Crippen LogP contribution >= 0.6 is 0 Å². The van der Waals surface area contributed by atoms with Crippen LogP contribution in [0.15, 0.2) is 53.4 Å². The molecule has 2 aromatic carbocycles. The van der Waals surface area contributed by atoms with Gasteiger partial charge >= 0.3 is 0 Å². The van der Waals surface area contributed by atoms with Crippen LogP contribution in [0.25, 0.3) is 10.9 Å². The van der Waals surface area contributed by atoms with Gasteiger partial charge in [0.25, 0.3) is 10.0 Å². The molecule has 1 aromatic heterocycles. The van der Waals surface area contributed by atoms with Gasteiger partial charge in [0, 0.05) is 11.1 Å². The van der Waals surface area contributed by atoms with Crippen molar-refractivity contribution in [2.24, 2.45) is 0 Å². The minimum Gasteiger partial charge on any atom is -0.238 e. The smallest absolute Gasteiger partial charge is 0.238 e. The summed E-state index contributed by atoms with van der Waals surface area (Å²) in [5, 5.41) is 9.94. The predicted molar refractivity (Wildman–Crippen MR) is 89.8 cm³/mol. The molecule has 0 unspecified atom stereocenters. The zero-order valence-corrected chi connectivity index (χ0v) is 13.8. The first-order valence-electron chi connectivity index (χ1n) is 7.34. The normalized spacial score (nSPS) is 11.5. The minimum atomic E-state index is -3.67. The molecular weight excluding hydrogens is 308 g/mol. The second-order valence-corrected chi connectivity index (χ2v) is 7.20. The molecular formula is C18H16N2O2S. The van der Waals surface area contributed by atoms with Gasteiger partial charge in [-0.1, -0.05) is 25.1 Å². The van der Waals surface area contributed by atoms with Gasteiger partial charge in [0.2, 0.25) is 0 Å². The molecule has 0 atom stereocenters. The Bertz CT molecular complexity index is 1030. The van der Waals surface area contributed by atoms with Gasteiger partial charge in [0.1, 0.15) is 0 Å². The summed E-state index contributed by atoms with van der Waals surface area (Å²) >= 11 is 0. The number of hydrogen-bond acceptors (Lipinski definition) is 3. The Hall–Kier alpha value is -2.58. The summed E-state index contributed by atoms with van der Waals surface area (Å²) in [5.41, 5.74) is 2.65. The van der Waals surface area contributed by atoms with E-state index in [0.717, 1.165) is 10.9 Å². The molecule has 4 nitrogen and oxygen atoms in total. The van der Waals surface area contributed by atoms with E-state index in [-0.39, 0.29) is 4.90 Å². The van der Waals surface area contributed by atoms with E-state index < -0.39 is 10.0 Å². The molecule has 0 radical (unpaired) electrons. The third-order valence-corrected chi connectivity index (χ3v) is 5.72. The Morgan fingerprint density at radius 2 is 1.83 bits per heavy atom. The Kier molecular flexibility index (Phi) is 3.70. The van der Waals surface area contributed by atoms with E-state index in [9.17, 15) is 13.7 Å². The molecule has 3 aromatic rings. The number of nitriles is 1. The van der Waals surface area contributed by atoms with E-state index in [0.29, 0.717) is 23.2 Å². The van der Waals surface area contributed by atoms with Crippen LogP contribution in [0.1, 0.15) is 23.7 Å². The van der Waals surface area contributed by atoms with Gasteiger partial charge in [-0.2, -0.15) is 5.26 Å². The van der Waals surface area contributed by atoms with E-state index in [2.05, 4.69) is 6.07 Å². The highest BCUT2D eigenvalue weighted by Crippen LogP contribution is 2.28. The summed E-state index contributed by atoms with van der Waals surface area (Å²) in [4.78, 5) is 0.259. The third kappa shape index (κ3) is 2.41. The van der Waals surface area contributed by atoms with Crippen LogP contribution in [0.3, 0.4) is 0 Å². The fourth-order valence-corrected chi connectivity index (χ4v) is 4.36. The van der Waals surface area contributed by atoms with Gasteiger partial charge < -0.3 is 0 Å². The van der Waals surface area contributed by atoms with Gasteiger partial charge in [-0.05, 0) is 49.2 Å². The number of aromatic nitrogens is 1. The third-order valence-electron chi connectivity index (χ3n) is 3.94. The first kappa shape index (κ1) is 15.3. The SMILES string of the molecule is CCc1cc2cc(C#N)c(C)cc2n1S(=O)(=O)c1ccccc1. The molecule has 0 aliphatic rings. The van der Waals surface area contributed by atoms with Crippen molar-refractivity contribution in [3.63, 3.8) is 0 Å². The lowest BCUT2D eigenvalue weighted by molar-refractivity contribution is 0.587. The zero-order valence-electron chi connectivity index (χ0n) is 12.9. The van der Waals surface area contributed by atoms with Crippen molar-refractivity contribution in [1.82, 2.24) is 3.97 Å². The molecule has 116 valence electrons. The summed E-state index contributed by atoms with van der Waals surface area (Å²) in [5.74, 6) is 0. The van der Waals surface area contributed by atoms with Crippen molar-refractivity contribution in [3.8, 4) is 6.07 Å². The molecule has 0 saturated carbocycles. The molecule has 0 saturated heterocycles. The Morgan fingerprint density at radius 1 is 1.13 bits per heavy atom. The Labute approximate surface area is 135 Å². The molecule has 0 N–H and O–H groups in total. The number of fused-ring (bicyclic) bond motifs is 1. The summed E-state index contributed by atoms with van der Waals surface area (Å²) in [7, 11) is -3.67. The first-order valence-corrected chi connectivity index (χ1v) is 8.78. The van der Waals surface area contributed by atoms with Crippen LogP contribution in [0.2, 0.25) is 0 Å². The highest BCUT2D eigenvalue weighted by molar-refractivity contribution is 7.90. The van der Waals surface area contributed by atoms with Crippen LogP contribution < -0.4 is 0 Å². The molecule has 3 rings (SSSR count). The largest absolute Gasteiger partial charge is 0.268 e. The van der Waals surface area contributed by atoms with Crippen LogP contribution in [-0.4, -0.2) is 12.4 Å². The minimum absolute atomic E-state index is 0.259. The van der Waals surface area contributed by atoms with Gasteiger partial charge in [-0.3, -0.25) is 0 Å². The summed E-state index contributed by atoms with van der Waals surface area (Å²) in [6, 6.07) is 15.9. The summed E-state index contributed by atoms with van der Waals surface area (Å²) < 4.78 is 27.5. The predicted octanol–water partition coefficient (Wildman–Crippen LogP) is 3.62. The highest BCUT2D eigenvalue weighted by Gasteiger charge is 2.22. The van der Waals surface area contributed by atoms with E-state index in [4.69, 9.17) is 0 Å². The fraction of sp³-hybridized carbons (Fsp3) is 0.167. The maximum absolute atomic E-state index is 13.1. The number of nitrogens with zero attached hydrogens (tertiary/aromatic N) is 2. The molecule has 23 heavy (non-hydrogen) atoms. The zero-order chi connectivity index (χ0) is 16.6. The van der Waals surface area contributed by atoms with Gasteiger partial charge in [0.05, 0.1) is 22.0 Å². The average Bonchev–Trinajstić information content (AvgIpc) is 2.92. The van der Waals surface area contributed by atoms with Crippen LogP contribution in [0.4, 0.5) is 0 Å². The second kappa shape index (κ2) is 5.56. The fourth-order valence-electron chi connectivity index (χ4n) is 2.74. The molecule has 0 aliphatic carbocycles. The lowest BCUT2D eigenvalue weighted by atomic mass is 10.1. The van der Waals surface area contributed by atoms with E-state index in [1.807, 2.05) is 19.9 Å². The number of hydrogen-bond donors (Lipinski definition) is 0. The number of benzene rings is 2. The molecule has 1 heterocycles. The topological polar surface area (TPSA) is 62.9 Å². The molecule has 0 bridgehead atoms. The monoisotopic (exact) mass is 324 g/mol. The van der Waals surface area contributed by atoms with Crippen molar-refractivity contribution < 1.29 is 8.42 Å². The standard InChI is InChI=1S/C18H16N2O2S/c1-3-16-11-14-10-15(12-19)13(2)9-18(14)20(16)23(21,22)17-7-5-4-6-8-17/h4-11H,3H2,1-2H3. The summed E-state index contributed by atoms with van der Waals surface area (Å²) in [6.45, 7) is 3.74. The first-order chi connectivity index (χ1) is 11.0. The van der Waals surface area contributed by atoms with Crippen molar-refractivity contribution in [3.05, 3.63) is 65.4 Å². The second-order valence-electron chi connectivity index (χ2n) is 5.41. The van der Waals surface area contributed by atoms with Gasteiger partial charge in [-0.25, -0.2) is 12.4 Å². The van der Waals surface area contributed by atoms with Crippen molar-refractivity contribution in [1.29, 1.82) is 5.26 Å². The number of aryl methyl sites for hydroxylation is 2. The Morgan fingerprint density at radius 3 is 2.43 bits per heavy atom. The molecule has 0 fully saturated rings. The molecule has 0 amide bonds. The van der Waals surface area contributed by atoms with Crippen LogP contribution in [0, 0.1) is 18.3 Å². The Balaban J connectivity index is 2.37. The highest BCUT2D eigenvalue weighted by atomic mass is 32.2. The summed E-state index contributed by atoms with van der Waals surface area (Å²) in [6.07, 6.45) is 0.585. The van der Waals surface area contributed by atoms with Crippen molar-refractivity contribution in [2.45, 2.75) is 25.2 Å². The van der Waals surface area contributed by atoms with Crippen molar-refractivity contribution >= 4 is 20.9 Å². The number of rotatable bonds is 3. The van der Waals surface area contributed by atoms with Gasteiger partial charge in [0.15, 0.2) is 0 Å². The van der Waals surface area contributed by atoms with E-state index in [1.165, 1.54) is 3.97 Å². The molecule has 0 aliphatic heterocycles. The van der Waals surface area contributed by atoms with E-state index >= 15 is 0 Å².